The number of hydrogen-bond donors (Lipinski definition) is 1. The van der Waals surface area contributed by atoms with E-state index in [-0.39, 0.29) is 11.8 Å². The Balaban J connectivity index is 1.39. The lowest BCUT2D eigenvalue weighted by atomic mass is 9.84. The topological polar surface area (TPSA) is 69.0 Å². The maximum Gasteiger partial charge on any atom is 0.232 e. The van der Waals surface area contributed by atoms with E-state index in [9.17, 15) is 4.79 Å². The quantitative estimate of drug-likeness (QED) is 0.452. The van der Waals surface area contributed by atoms with Crippen LogP contribution in [0.2, 0.25) is 0 Å². The van der Waals surface area contributed by atoms with E-state index in [4.69, 9.17) is 4.74 Å². The van der Waals surface area contributed by atoms with E-state index in [0.717, 1.165) is 46.6 Å². The van der Waals surface area contributed by atoms with Crippen molar-refractivity contribution in [2.24, 2.45) is 5.92 Å². The van der Waals surface area contributed by atoms with Crippen molar-refractivity contribution in [3.63, 3.8) is 0 Å². The minimum absolute atomic E-state index is 0.0463. The number of fused-ring (bicyclic) bond motifs is 1. The van der Waals surface area contributed by atoms with Gasteiger partial charge >= 0.3 is 0 Å². The van der Waals surface area contributed by atoms with Gasteiger partial charge in [0.25, 0.3) is 0 Å². The Morgan fingerprint density at radius 3 is 2.41 bits per heavy atom. The molecule has 1 fully saturated rings. The molecule has 3 aromatic carbocycles. The Labute approximate surface area is 187 Å². The van der Waals surface area contributed by atoms with E-state index in [1.807, 2.05) is 60.7 Å². The summed E-state index contributed by atoms with van der Waals surface area (Å²) in [5.41, 5.74) is 4.18. The Kier molecular flexibility index (Phi) is 5.58. The monoisotopic (exact) mass is 426 g/mol. The molecule has 0 radical (unpaired) electrons. The first kappa shape index (κ1) is 20.2. The Morgan fingerprint density at radius 1 is 0.969 bits per heavy atom. The number of amides is 1. The van der Waals surface area contributed by atoms with E-state index in [1.165, 1.54) is 12.8 Å². The molecule has 1 amide bonds. The largest absolute Gasteiger partial charge is 0.497 e. The summed E-state index contributed by atoms with van der Waals surface area (Å²) >= 11 is 0. The van der Waals surface area contributed by atoms with E-state index in [0.29, 0.717) is 5.92 Å². The van der Waals surface area contributed by atoms with Crippen LogP contribution >= 0.6 is 0 Å². The molecule has 1 heterocycles. The van der Waals surface area contributed by atoms with Crippen LogP contribution in [0.15, 0.2) is 72.8 Å². The Hall–Kier alpha value is -3.67. The molecule has 6 nitrogen and oxygen atoms in total. The highest BCUT2D eigenvalue weighted by molar-refractivity contribution is 5.97. The number of hydrogen-bond acceptors (Lipinski definition) is 4. The van der Waals surface area contributed by atoms with Crippen molar-refractivity contribution in [3.8, 4) is 11.4 Å². The van der Waals surface area contributed by atoms with Crippen molar-refractivity contribution in [2.75, 3.05) is 12.4 Å². The number of ether oxygens (including phenoxy) is 1. The maximum absolute atomic E-state index is 13.4. The molecule has 4 aromatic rings. The molecule has 5 rings (SSSR count). The van der Waals surface area contributed by atoms with Crippen molar-refractivity contribution < 1.29 is 9.53 Å². The number of nitrogens with zero attached hydrogens (tertiary/aromatic N) is 3. The molecular formula is C26H26N4O2. The molecule has 1 aliphatic carbocycles. The van der Waals surface area contributed by atoms with Crippen molar-refractivity contribution in [3.05, 3.63) is 78.4 Å². The number of methoxy groups -OCH3 is 1. The number of carbonyl (C=O) groups is 1. The van der Waals surface area contributed by atoms with Crippen LogP contribution in [0.25, 0.3) is 16.7 Å². The van der Waals surface area contributed by atoms with Crippen LogP contribution in [-0.2, 0) is 4.79 Å². The van der Waals surface area contributed by atoms with Crippen LogP contribution in [0.3, 0.4) is 0 Å². The number of rotatable bonds is 6. The molecule has 6 heteroatoms. The number of carbonyl (C=O) groups excluding carboxylic acids is 1. The highest BCUT2D eigenvalue weighted by Crippen LogP contribution is 2.38. The highest BCUT2D eigenvalue weighted by atomic mass is 16.5. The van der Waals surface area contributed by atoms with Gasteiger partial charge in [0.2, 0.25) is 5.91 Å². The van der Waals surface area contributed by atoms with Gasteiger partial charge in [-0.1, -0.05) is 43.2 Å². The van der Waals surface area contributed by atoms with Crippen LogP contribution in [0.4, 0.5) is 5.69 Å². The SMILES string of the molecule is COc1ccc(-n2nc3ccc(NC(=O)[C@@H](c4ccccc4)C4CCCC4)cc3n2)cc1. The van der Waals surface area contributed by atoms with Crippen LogP contribution in [-0.4, -0.2) is 28.0 Å². The lowest BCUT2D eigenvalue weighted by Crippen LogP contribution is -2.26. The van der Waals surface area contributed by atoms with Crippen molar-refractivity contribution in [2.45, 2.75) is 31.6 Å². The van der Waals surface area contributed by atoms with Gasteiger partial charge in [-0.15, -0.1) is 10.2 Å². The average Bonchev–Trinajstić information content (AvgIpc) is 3.50. The van der Waals surface area contributed by atoms with Crippen LogP contribution < -0.4 is 10.1 Å². The normalized spacial score (nSPS) is 15.0. The van der Waals surface area contributed by atoms with Gasteiger partial charge in [0.15, 0.2) is 0 Å². The lowest BCUT2D eigenvalue weighted by molar-refractivity contribution is -0.118. The Morgan fingerprint density at radius 2 is 1.69 bits per heavy atom. The van der Waals surface area contributed by atoms with Crippen molar-refractivity contribution in [1.29, 1.82) is 0 Å². The molecule has 0 spiro atoms. The predicted octanol–water partition coefficient (Wildman–Crippen LogP) is 5.34. The molecule has 1 saturated carbocycles. The van der Waals surface area contributed by atoms with Crippen LogP contribution in [0, 0.1) is 5.92 Å². The van der Waals surface area contributed by atoms with E-state index in [1.54, 1.807) is 11.9 Å². The van der Waals surface area contributed by atoms with Gasteiger partial charge in [-0.05, 0) is 66.8 Å². The summed E-state index contributed by atoms with van der Waals surface area (Å²) in [5.74, 6) is 1.08. The highest BCUT2D eigenvalue weighted by Gasteiger charge is 2.32. The third kappa shape index (κ3) is 4.08. The summed E-state index contributed by atoms with van der Waals surface area (Å²) in [6.45, 7) is 0. The van der Waals surface area contributed by atoms with Crippen molar-refractivity contribution in [1.82, 2.24) is 15.0 Å². The van der Waals surface area contributed by atoms with Gasteiger partial charge < -0.3 is 10.1 Å². The van der Waals surface area contributed by atoms with E-state index in [2.05, 4.69) is 27.6 Å². The molecule has 0 bridgehead atoms. The number of aromatic nitrogens is 3. The smallest absolute Gasteiger partial charge is 0.232 e. The number of anilines is 1. The minimum atomic E-state index is -0.135. The second-order valence-electron chi connectivity index (χ2n) is 8.31. The zero-order valence-corrected chi connectivity index (χ0v) is 18.1. The summed E-state index contributed by atoms with van der Waals surface area (Å²) in [5, 5.41) is 12.3. The van der Waals surface area contributed by atoms with Gasteiger partial charge in [-0.2, -0.15) is 4.80 Å². The van der Waals surface area contributed by atoms with Gasteiger partial charge in [0.1, 0.15) is 16.8 Å². The molecule has 0 unspecified atom stereocenters. The molecule has 0 saturated heterocycles. The molecule has 1 aromatic heterocycles. The second-order valence-corrected chi connectivity index (χ2v) is 8.31. The third-order valence-electron chi connectivity index (χ3n) is 6.26. The van der Waals surface area contributed by atoms with Gasteiger partial charge in [-0.25, -0.2) is 0 Å². The molecule has 1 N–H and O–H groups in total. The predicted molar refractivity (Wildman–Crippen MR) is 125 cm³/mol. The molecule has 162 valence electrons. The molecular weight excluding hydrogens is 400 g/mol. The van der Waals surface area contributed by atoms with Gasteiger partial charge in [-0.3, -0.25) is 4.79 Å². The van der Waals surface area contributed by atoms with Gasteiger partial charge in [0.05, 0.1) is 18.7 Å². The standard InChI is InChI=1S/C26H26N4O2/c1-32-22-14-12-21(13-15-22)30-28-23-16-11-20(17-24(23)29-30)27-26(31)25(19-9-5-6-10-19)18-7-3-2-4-8-18/h2-4,7-8,11-17,19,25H,5-6,9-10H2,1H3,(H,27,31)/t25-/m0/s1. The van der Waals surface area contributed by atoms with Crippen molar-refractivity contribution >= 4 is 22.6 Å². The lowest BCUT2D eigenvalue weighted by Gasteiger charge is -2.23. The molecule has 1 atom stereocenters. The Bertz CT molecular complexity index is 1210. The summed E-state index contributed by atoms with van der Waals surface area (Å²) in [4.78, 5) is 15.0. The van der Waals surface area contributed by atoms with Gasteiger partial charge in [0, 0.05) is 5.69 Å². The fourth-order valence-corrected chi connectivity index (χ4v) is 4.63. The first-order valence-corrected chi connectivity index (χ1v) is 11.1. The second kappa shape index (κ2) is 8.83. The molecule has 1 aliphatic rings. The first-order chi connectivity index (χ1) is 15.7. The van der Waals surface area contributed by atoms with E-state index < -0.39 is 0 Å². The third-order valence-corrected chi connectivity index (χ3v) is 6.26. The zero-order valence-electron chi connectivity index (χ0n) is 18.1. The average molecular weight is 427 g/mol. The fraction of sp³-hybridized carbons (Fsp3) is 0.269. The van der Waals surface area contributed by atoms with Crippen LogP contribution in [0.5, 0.6) is 5.75 Å². The summed E-state index contributed by atoms with van der Waals surface area (Å²) < 4.78 is 5.21. The molecule has 32 heavy (non-hydrogen) atoms. The minimum Gasteiger partial charge on any atom is -0.497 e. The first-order valence-electron chi connectivity index (χ1n) is 11.1. The fourth-order valence-electron chi connectivity index (χ4n) is 4.63. The number of nitrogens with one attached hydrogen (secondary N) is 1. The summed E-state index contributed by atoms with van der Waals surface area (Å²) in [6.07, 6.45) is 4.59. The summed E-state index contributed by atoms with van der Waals surface area (Å²) in [7, 11) is 1.64. The van der Waals surface area contributed by atoms with E-state index >= 15 is 0 Å². The van der Waals surface area contributed by atoms with Crippen LogP contribution in [0.1, 0.15) is 37.2 Å². The maximum atomic E-state index is 13.4. The molecule has 0 aliphatic heterocycles. The zero-order chi connectivity index (χ0) is 21.9. The summed E-state index contributed by atoms with van der Waals surface area (Å²) in [6, 6.07) is 23.4. The number of benzene rings is 3.